The zero-order valence-corrected chi connectivity index (χ0v) is 14.8. The van der Waals surface area contributed by atoms with Crippen LogP contribution in [0.2, 0.25) is 6.32 Å². The fraction of sp³-hybridized carbons (Fsp3) is 0.750. The van der Waals surface area contributed by atoms with Gasteiger partial charge < -0.3 is 31.3 Å². The molecule has 2 aliphatic rings. The van der Waals surface area contributed by atoms with Gasteiger partial charge in [-0.05, 0) is 32.5 Å². The average molecular weight is 350 g/mol. The highest BCUT2D eigenvalue weighted by atomic mass is 16.4. The molecule has 2 heterocycles. The highest BCUT2D eigenvalue weighted by molar-refractivity contribution is 6.40. The molecule has 0 bridgehead atoms. The van der Waals surface area contributed by atoms with Crippen LogP contribution in [0.1, 0.15) is 26.7 Å². The third-order valence-corrected chi connectivity index (χ3v) is 5.58. The van der Waals surface area contributed by atoms with Gasteiger partial charge in [0.25, 0.3) is 10.9 Å². The standard InChI is InChI=1S/C16H27BN4O4/c1-15(7-19-8-15)20-11-12(14(23)13(11)22)21-6-10(16(2,18)9-21)4-3-5-17(24)25/h10,19-20,24-25H,3-9,18H2,1-2H3/t10-,16-/m0/s1. The average Bonchev–Trinajstić information content (AvgIpc) is 2.78. The third kappa shape index (κ3) is 3.46. The first-order chi connectivity index (χ1) is 11.6. The number of nitrogens with one attached hydrogen (secondary N) is 2. The topological polar surface area (TPSA) is 128 Å². The lowest BCUT2D eigenvalue weighted by Crippen LogP contribution is -2.63. The second-order valence-electron chi connectivity index (χ2n) is 8.17. The first kappa shape index (κ1) is 18.4. The maximum absolute atomic E-state index is 12.2. The lowest BCUT2D eigenvalue weighted by atomic mass is 9.79. The SMILES string of the molecule is CC1(Nc2c(N3C[C@H](CCCB(O)O)[C@@](C)(N)C3)c(=O)c2=O)CNC1. The van der Waals surface area contributed by atoms with Gasteiger partial charge in [-0.2, -0.15) is 0 Å². The van der Waals surface area contributed by atoms with E-state index in [1.807, 2.05) is 18.7 Å². The van der Waals surface area contributed by atoms with E-state index in [4.69, 9.17) is 15.8 Å². The van der Waals surface area contributed by atoms with Crippen LogP contribution in [-0.4, -0.2) is 54.4 Å². The third-order valence-electron chi connectivity index (χ3n) is 5.58. The van der Waals surface area contributed by atoms with Crippen LogP contribution < -0.4 is 32.1 Å². The van der Waals surface area contributed by atoms with Crippen LogP contribution in [0, 0.1) is 5.92 Å². The fourth-order valence-electron chi connectivity index (χ4n) is 3.91. The van der Waals surface area contributed by atoms with Gasteiger partial charge in [0.15, 0.2) is 0 Å². The van der Waals surface area contributed by atoms with Gasteiger partial charge in [0.2, 0.25) is 0 Å². The van der Waals surface area contributed by atoms with E-state index in [0.717, 1.165) is 19.5 Å². The number of nitrogens with zero attached hydrogens (tertiary/aromatic N) is 1. The van der Waals surface area contributed by atoms with E-state index in [-0.39, 0.29) is 11.5 Å². The highest BCUT2D eigenvalue weighted by Gasteiger charge is 2.44. The van der Waals surface area contributed by atoms with Crippen molar-refractivity contribution in [2.75, 3.05) is 36.4 Å². The van der Waals surface area contributed by atoms with Crippen LogP contribution in [0.25, 0.3) is 0 Å². The molecule has 2 atom stereocenters. The summed E-state index contributed by atoms with van der Waals surface area (Å²) in [5, 5.41) is 24.4. The van der Waals surface area contributed by atoms with Gasteiger partial charge in [-0.25, -0.2) is 0 Å². The Morgan fingerprint density at radius 3 is 2.56 bits per heavy atom. The predicted molar refractivity (Wildman–Crippen MR) is 98.8 cm³/mol. The van der Waals surface area contributed by atoms with Crippen LogP contribution in [-0.2, 0) is 0 Å². The number of rotatable bonds is 7. The fourth-order valence-corrected chi connectivity index (χ4v) is 3.91. The van der Waals surface area contributed by atoms with E-state index in [1.165, 1.54) is 0 Å². The summed E-state index contributed by atoms with van der Waals surface area (Å²) in [5.74, 6) is 0.129. The summed E-state index contributed by atoms with van der Waals surface area (Å²) < 4.78 is 0. The minimum absolute atomic E-state index is 0.129. The summed E-state index contributed by atoms with van der Waals surface area (Å²) in [7, 11) is -1.30. The second kappa shape index (κ2) is 6.39. The molecule has 0 aliphatic carbocycles. The van der Waals surface area contributed by atoms with Crippen molar-refractivity contribution in [3.8, 4) is 0 Å². The number of anilines is 2. The molecule has 0 aromatic heterocycles. The summed E-state index contributed by atoms with van der Waals surface area (Å²) in [5.41, 5.74) is 5.72. The van der Waals surface area contributed by atoms with Gasteiger partial charge in [0, 0.05) is 31.7 Å². The molecular weight excluding hydrogens is 323 g/mol. The van der Waals surface area contributed by atoms with Crippen molar-refractivity contribution in [3.05, 3.63) is 20.4 Å². The molecule has 0 amide bonds. The Labute approximate surface area is 147 Å². The Hall–Kier alpha value is -1.42. The first-order valence-electron chi connectivity index (χ1n) is 8.85. The van der Waals surface area contributed by atoms with Crippen molar-refractivity contribution in [2.45, 2.75) is 44.1 Å². The van der Waals surface area contributed by atoms with Crippen molar-refractivity contribution >= 4 is 18.5 Å². The minimum Gasteiger partial charge on any atom is -0.427 e. The van der Waals surface area contributed by atoms with Crippen molar-refractivity contribution in [1.29, 1.82) is 0 Å². The van der Waals surface area contributed by atoms with Gasteiger partial charge in [-0.15, -0.1) is 0 Å². The zero-order valence-electron chi connectivity index (χ0n) is 14.8. The Kier molecular flexibility index (Phi) is 4.70. The zero-order chi connectivity index (χ0) is 18.4. The largest absolute Gasteiger partial charge is 0.451 e. The van der Waals surface area contributed by atoms with Crippen molar-refractivity contribution < 1.29 is 10.0 Å². The van der Waals surface area contributed by atoms with E-state index >= 15 is 0 Å². The van der Waals surface area contributed by atoms with Crippen molar-refractivity contribution in [1.82, 2.24) is 5.32 Å². The number of hydrogen-bond donors (Lipinski definition) is 5. The van der Waals surface area contributed by atoms with Crippen LogP contribution >= 0.6 is 0 Å². The highest BCUT2D eigenvalue weighted by Crippen LogP contribution is 2.35. The van der Waals surface area contributed by atoms with Crippen LogP contribution in [0.4, 0.5) is 11.4 Å². The molecule has 2 aliphatic heterocycles. The molecule has 3 rings (SSSR count). The molecule has 2 saturated heterocycles. The summed E-state index contributed by atoms with van der Waals surface area (Å²) in [4.78, 5) is 26.1. The van der Waals surface area contributed by atoms with Gasteiger partial charge in [-0.3, -0.25) is 9.59 Å². The van der Waals surface area contributed by atoms with Crippen molar-refractivity contribution in [2.24, 2.45) is 11.7 Å². The van der Waals surface area contributed by atoms with Gasteiger partial charge >= 0.3 is 7.12 Å². The van der Waals surface area contributed by atoms with Crippen molar-refractivity contribution in [3.63, 3.8) is 0 Å². The van der Waals surface area contributed by atoms with E-state index in [1.54, 1.807) is 0 Å². The van der Waals surface area contributed by atoms with Crippen LogP contribution in [0.5, 0.6) is 0 Å². The molecule has 138 valence electrons. The van der Waals surface area contributed by atoms with E-state index in [9.17, 15) is 9.59 Å². The molecular formula is C16H27BN4O4. The maximum atomic E-state index is 12.2. The van der Waals surface area contributed by atoms with Crippen LogP contribution in [0.15, 0.2) is 9.59 Å². The molecule has 1 aromatic rings. The molecule has 6 N–H and O–H groups in total. The molecule has 0 spiro atoms. The molecule has 9 heteroatoms. The Bertz CT molecular complexity index is 709. The predicted octanol–water partition coefficient (Wildman–Crippen LogP) is -1.54. The Morgan fingerprint density at radius 2 is 2.00 bits per heavy atom. The number of hydrogen-bond acceptors (Lipinski definition) is 8. The Balaban J connectivity index is 1.71. The molecule has 0 unspecified atom stereocenters. The van der Waals surface area contributed by atoms with E-state index in [0.29, 0.717) is 37.2 Å². The second-order valence-corrected chi connectivity index (χ2v) is 8.17. The quantitative estimate of drug-likeness (QED) is 0.296. The lowest BCUT2D eigenvalue weighted by molar-refractivity contribution is 0.338. The molecule has 1 aromatic carbocycles. The maximum Gasteiger partial charge on any atom is 0.451 e. The lowest BCUT2D eigenvalue weighted by Gasteiger charge is -2.42. The molecule has 0 radical (unpaired) electrons. The van der Waals surface area contributed by atoms with Crippen LogP contribution in [0.3, 0.4) is 0 Å². The van der Waals surface area contributed by atoms with Gasteiger partial charge in [0.1, 0.15) is 11.4 Å². The minimum atomic E-state index is -1.30. The number of nitrogens with two attached hydrogens (primary N) is 1. The smallest absolute Gasteiger partial charge is 0.427 e. The summed E-state index contributed by atoms with van der Waals surface area (Å²) in [6.07, 6.45) is 1.72. The molecule has 8 nitrogen and oxygen atoms in total. The summed E-state index contributed by atoms with van der Waals surface area (Å²) >= 11 is 0. The van der Waals surface area contributed by atoms with E-state index in [2.05, 4.69) is 10.6 Å². The van der Waals surface area contributed by atoms with E-state index < -0.39 is 23.5 Å². The van der Waals surface area contributed by atoms with Gasteiger partial charge in [0.05, 0.1) is 5.54 Å². The normalized spacial score (nSPS) is 28.2. The first-order valence-corrected chi connectivity index (χ1v) is 8.85. The Morgan fingerprint density at radius 1 is 1.32 bits per heavy atom. The summed E-state index contributed by atoms with van der Waals surface area (Å²) in [6.45, 7) is 6.59. The van der Waals surface area contributed by atoms with Gasteiger partial charge in [-0.1, -0.05) is 6.42 Å². The monoisotopic (exact) mass is 350 g/mol. The summed E-state index contributed by atoms with van der Waals surface area (Å²) in [6, 6.07) is 0. The molecule has 2 fully saturated rings. The molecule has 0 saturated carbocycles. The molecule has 25 heavy (non-hydrogen) atoms.